The van der Waals surface area contributed by atoms with E-state index in [-0.39, 0.29) is 19.8 Å². The van der Waals surface area contributed by atoms with Crippen molar-refractivity contribution in [3.8, 4) is 28.5 Å². The number of allylic oxidation sites excluding steroid dienone is 1. The minimum absolute atomic E-state index is 0.0514. The number of rotatable bonds is 18. The van der Waals surface area contributed by atoms with E-state index in [0.29, 0.717) is 47.8 Å². The fourth-order valence-corrected chi connectivity index (χ4v) is 6.03. The second kappa shape index (κ2) is 17.6. The van der Waals surface area contributed by atoms with Gasteiger partial charge in [-0.25, -0.2) is 4.79 Å². The molecule has 0 amide bonds. The second-order valence-electron chi connectivity index (χ2n) is 12.0. The Morgan fingerprint density at radius 1 is 1.08 bits per heavy atom. The minimum atomic E-state index is -0.838. The average Bonchev–Trinajstić information content (AvgIpc) is 3.73. The number of hydrogen-bond donors (Lipinski definition) is 0. The summed E-state index contributed by atoms with van der Waals surface area (Å²) in [4.78, 5) is 27.6. The summed E-state index contributed by atoms with van der Waals surface area (Å²) in [5, 5.41) is 14.8. The van der Waals surface area contributed by atoms with E-state index in [1.165, 1.54) is 5.56 Å². The number of fused-ring (bicyclic) bond motifs is 1. The molecule has 11 nitrogen and oxygen atoms in total. The summed E-state index contributed by atoms with van der Waals surface area (Å²) < 4.78 is 25.4. The Morgan fingerprint density at radius 3 is 2.70 bits per heavy atom. The Kier molecular flexibility index (Phi) is 12.7. The van der Waals surface area contributed by atoms with Crippen LogP contribution in [0.1, 0.15) is 72.1 Å². The fourth-order valence-electron chi connectivity index (χ4n) is 5.87. The molecule has 12 heteroatoms. The molecule has 0 aliphatic carbocycles. The predicted octanol–water partition coefficient (Wildman–Crippen LogP) is 8.32. The molecule has 0 saturated carbocycles. The van der Waals surface area contributed by atoms with Gasteiger partial charge in [-0.1, -0.05) is 54.8 Å². The molecule has 0 saturated heterocycles. The van der Waals surface area contributed by atoms with Crippen LogP contribution in [0.5, 0.6) is 17.2 Å². The van der Waals surface area contributed by atoms with Gasteiger partial charge in [0.1, 0.15) is 23.9 Å². The number of methoxy groups -OCH3 is 1. The Hall–Kier alpha value is -5.03. The summed E-state index contributed by atoms with van der Waals surface area (Å²) in [6.07, 6.45) is 8.35. The van der Waals surface area contributed by atoms with E-state index < -0.39 is 11.1 Å². The highest BCUT2D eigenvalue weighted by atomic mass is 35.5. The van der Waals surface area contributed by atoms with Gasteiger partial charge in [0.25, 0.3) is 5.09 Å². The molecule has 0 unspecified atom stereocenters. The number of hydrogen-bond acceptors (Lipinski definition) is 9. The lowest BCUT2D eigenvalue weighted by molar-refractivity contribution is -0.757. The van der Waals surface area contributed by atoms with Crippen molar-refractivity contribution in [3.05, 3.63) is 109 Å². The van der Waals surface area contributed by atoms with E-state index in [4.69, 9.17) is 35.6 Å². The molecule has 3 aromatic carbocycles. The number of carbonyl (C=O) groups excluding carboxylic acids is 1. The van der Waals surface area contributed by atoms with Crippen molar-refractivity contribution in [2.45, 2.75) is 65.5 Å². The molecule has 5 rings (SSSR count). The van der Waals surface area contributed by atoms with Crippen LogP contribution in [-0.4, -0.2) is 47.8 Å². The monoisotopic (exact) mass is 703 g/mol. The van der Waals surface area contributed by atoms with E-state index >= 15 is 0 Å². The molecule has 0 fully saturated rings. The lowest BCUT2D eigenvalue weighted by atomic mass is 9.99. The van der Waals surface area contributed by atoms with Gasteiger partial charge >= 0.3 is 5.97 Å². The first-order valence-corrected chi connectivity index (χ1v) is 17.2. The van der Waals surface area contributed by atoms with Crippen LogP contribution in [0.4, 0.5) is 0 Å². The molecule has 4 aromatic rings. The van der Waals surface area contributed by atoms with Crippen molar-refractivity contribution in [2.75, 3.05) is 26.9 Å². The molecule has 0 spiro atoms. The van der Waals surface area contributed by atoms with Gasteiger partial charge < -0.3 is 23.8 Å². The standard InChI is InChI=1S/C38H42ClN3O8/c1-4-5-15-41-37(30(24-40-41)20-26(2)19-29-22-35-27(14-18-47-35)21-34(29)46-3)33-13-12-31(39)23-36(33)49-25-28-10-6-7-11-32(28)38(43)48-16-8-9-17-50-42(44)45/h6-7,10-13,20-24H,4-5,8-9,14-19,25H2,1-3H3/b26-20-. The third-order valence-electron chi connectivity index (χ3n) is 8.34. The highest BCUT2D eigenvalue weighted by Crippen LogP contribution is 2.38. The van der Waals surface area contributed by atoms with Crippen LogP contribution in [0, 0.1) is 10.1 Å². The number of aromatic nitrogens is 2. The number of esters is 1. The predicted molar refractivity (Wildman–Crippen MR) is 190 cm³/mol. The summed E-state index contributed by atoms with van der Waals surface area (Å²) in [5.41, 5.74) is 7.02. The molecule has 0 radical (unpaired) electrons. The summed E-state index contributed by atoms with van der Waals surface area (Å²) in [7, 11) is 1.69. The van der Waals surface area contributed by atoms with E-state index in [2.05, 4.69) is 36.9 Å². The van der Waals surface area contributed by atoms with Gasteiger partial charge in [0.05, 0.1) is 44.4 Å². The number of nitrogens with zero attached hydrogens (tertiary/aromatic N) is 3. The zero-order valence-electron chi connectivity index (χ0n) is 28.6. The Bertz CT molecular complexity index is 1840. The van der Waals surface area contributed by atoms with Gasteiger partial charge in [-0.15, -0.1) is 10.1 Å². The van der Waals surface area contributed by atoms with Crippen LogP contribution in [0.25, 0.3) is 17.3 Å². The van der Waals surface area contributed by atoms with Crippen LogP contribution in [0.3, 0.4) is 0 Å². The summed E-state index contributed by atoms with van der Waals surface area (Å²) >= 11 is 6.50. The van der Waals surface area contributed by atoms with Crippen molar-refractivity contribution in [1.82, 2.24) is 9.78 Å². The summed E-state index contributed by atoms with van der Waals surface area (Å²) in [6.45, 7) is 5.79. The maximum atomic E-state index is 13.0. The first kappa shape index (κ1) is 36.3. The summed E-state index contributed by atoms with van der Waals surface area (Å²) in [5.74, 6) is 1.81. The van der Waals surface area contributed by atoms with Crippen LogP contribution in [0.2, 0.25) is 5.02 Å². The molecule has 50 heavy (non-hydrogen) atoms. The van der Waals surface area contributed by atoms with E-state index in [1.54, 1.807) is 25.3 Å². The van der Waals surface area contributed by atoms with E-state index in [1.807, 2.05) is 35.1 Å². The SMILES string of the molecule is CCCCn1ncc(/C=C(/C)Cc2cc3c(cc2OC)CCO3)c1-c1ccc(Cl)cc1OCc1ccccc1C(=O)OCCCCO[N+](=O)[O-]. The number of ether oxygens (including phenoxy) is 4. The van der Waals surface area contributed by atoms with Gasteiger partial charge in [-0.3, -0.25) is 4.68 Å². The normalized spacial score (nSPS) is 12.3. The Labute approximate surface area is 296 Å². The van der Waals surface area contributed by atoms with Gasteiger partial charge in [-0.2, -0.15) is 5.10 Å². The van der Waals surface area contributed by atoms with E-state index in [0.717, 1.165) is 65.3 Å². The van der Waals surface area contributed by atoms with Crippen molar-refractivity contribution < 1.29 is 33.7 Å². The van der Waals surface area contributed by atoms with Crippen molar-refractivity contribution >= 4 is 23.6 Å². The van der Waals surface area contributed by atoms with Crippen molar-refractivity contribution in [2.24, 2.45) is 0 Å². The maximum Gasteiger partial charge on any atom is 0.338 e. The van der Waals surface area contributed by atoms with Crippen molar-refractivity contribution in [3.63, 3.8) is 0 Å². The zero-order valence-corrected chi connectivity index (χ0v) is 29.4. The molecule has 0 bridgehead atoms. The fraction of sp³-hybridized carbons (Fsp3) is 0.368. The van der Waals surface area contributed by atoms with Crippen LogP contribution in [0.15, 0.2) is 66.4 Å². The highest BCUT2D eigenvalue weighted by molar-refractivity contribution is 6.30. The molecule has 264 valence electrons. The smallest absolute Gasteiger partial charge is 0.338 e. The maximum absolute atomic E-state index is 13.0. The second-order valence-corrected chi connectivity index (χ2v) is 12.5. The number of carbonyl (C=O) groups is 1. The van der Waals surface area contributed by atoms with Gasteiger partial charge in [0.2, 0.25) is 0 Å². The number of benzene rings is 3. The van der Waals surface area contributed by atoms with Crippen LogP contribution >= 0.6 is 11.6 Å². The zero-order chi connectivity index (χ0) is 35.5. The third-order valence-corrected chi connectivity index (χ3v) is 8.58. The van der Waals surface area contributed by atoms with E-state index in [9.17, 15) is 14.9 Å². The highest BCUT2D eigenvalue weighted by Gasteiger charge is 2.20. The summed E-state index contributed by atoms with van der Waals surface area (Å²) in [6, 6.07) is 16.8. The molecule has 1 aromatic heterocycles. The average molecular weight is 704 g/mol. The first-order chi connectivity index (χ1) is 24.3. The minimum Gasteiger partial charge on any atom is -0.496 e. The van der Waals surface area contributed by atoms with Gasteiger partial charge in [0, 0.05) is 45.8 Å². The molecule has 1 aliphatic rings. The lowest BCUT2D eigenvalue weighted by Gasteiger charge is -2.16. The largest absolute Gasteiger partial charge is 0.496 e. The topological polar surface area (TPSA) is 124 Å². The molecule has 0 N–H and O–H groups in total. The molecular weight excluding hydrogens is 662 g/mol. The van der Waals surface area contributed by atoms with Crippen LogP contribution < -0.4 is 14.2 Å². The number of unbranched alkanes of at least 4 members (excludes halogenated alkanes) is 2. The van der Waals surface area contributed by atoms with Gasteiger partial charge in [-0.05, 0) is 69.0 Å². The number of aryl methyl sites for hydroxylation is 1. The first-order valence-electron chi connectivity index (χ1n) is 16.8. The number of halogens is 1. The van der Waals surface area contributed by atoms with Crippen molar-refractivity contribution in [1.29, 1.82) is 0 Å². The quantitative estimate of drug-likeness (QED) is 0.0435. The molecule has 0 atom stereocenters. The van der Waals surface area contributed by atoms with Crippen LogP contribution in [-0.2, 0) is 35.6 Å². The van der Waals surface area contributed by atoms with Gasteiger partial charge in [0.15, 0.2) is 0 Å². The molecule has 1 aliphatic heterocycles. The molecular formula is C38H42ClN3O8. The Balaban J connectivity index is 1.38. The third kappa shape index (κ3) is 9.35. The Morgan fingerprint density at radius 2 is 1.90 bits per heavy atom. The lowest BCUT2D eigenvalue weighted by Crippen LogP contribution is -2.12. The molecule has 2 heterocycles.